The van der Waals surface area contributed by atoms with Crippen molar-refractivity contribution in [1.82, 2.24) is 0 Å². The highest BCUT2D eigenvalue weighted by Gasteiger charge is 2.05. The third-order valence-electron chi connectivity index (χ3n) is 1.08. The molecule has 72 valence electrons. The zero-order valence-electron chi connectivity index (χ0n) is 6.62. The normalized spacial score (nSPS) is 11.3. The van der Waals surface area contributed by atoms with Crippen LogP contribution < -0.4 is 4.18 Å². The minimum Gasteiger partial charge on any atom is -0.383 e. The van der Waals surface area contributed by atoms with E-state index in [1.807, 2.05) is 0 Å². The fourth-order valence-electron chi connectivity index (χ4n) is 0.751. The second-order valence-electron chi connectivity index (χ2n) is 2.39. The van der Waals surface area contributed by atoms with E-state index in [4.69, 9.17) is 11.6 Å². The lowest BCUT2D eigenvalue weighted by Crippen LogP contribution is -2.05. The highest BCUT2D eigenvalue weighted by molar-refractivity contribution is 9.10. The Hall–Kier alpha value is -0.260. The monoisotopic (exact) mass is 284 g/mol. The summed E-state index contributed by atoms with van der Waals surface area (Å²) >= 11 is 8.84. The molecule has 0 bridgehead atoms. The molecule has 0 amide bonds. The van der Waals surface area contributed by atoms with Crippen molar-refractivity contribution in [2.24, 2.45) is 0 Å². The van der Waals surface area contributed by atoms with E-state index in [0.29, 0.717) is 9.50 Å². The van der Waals surface area contributed by atoms with Gasteiger partial charge < -0.3 is 4.18 Å². The molecular formula is C7H6BrClO3S. The van der Waals surface area contributed by atoms with Gasteiger partial charge in [-0.1, -0.05) is 27.5 Å². The molecule has 13 heavy (non-hydrogen) atoms. The highest BCUT2D eigenvalue weighted by atomic mass is 79.9. The van der Waals surface area contributed by atoms with Gasteiger partial charge in [-0.3, -0.25) is 0 Å². The summed E-state index contributed by atoms with van der Waals surface area (Å²) in [5, 5.41) is 0.410. The molecule has 0 aliphatic heterocycles. The fourth-order valence-corrected chi connectivity index (χ4v) is 2.03. The molecule has 0 aliphatic rings. The van der Waals surface area contributed by atoms with Gasteiger partial charge in [0.1, 0.15) is 5.75 Å². The summed E-state index contributed by atoms with van der Waals surface area (Å²) in [4.78, 5) is 0. The summed E-state index contributed by atoms with van der Waals surface area (Å²) in [6.07, 6.45) is 0.974. The van der Waals surface area contributed by atoms with Crippen molar-refractivity contribution in [2.75, 3.05) is 6.26 Å². The largest absolute Gasteiger partial charge is 0.383 e. The molecular weight excluding hydrogens is 279 g/mol. The number of hydrogen-bond donors (Lipinski definition) is 0. The van der Waals surface area contributed by atoms with Crippen LogP contribution in [-0.2, 0) is 10.1 Å². The maximum atomic E-state index is 10.7. The molecule has 0 saturated carbocycles. The molecule has 0 radical (unpaired) electrons. The Morgan fingerprint density at radius 2 is 2.00 bits per heavy atom. The Kier molecular flexibility index (Phi) is 3.21. The van der Waals surface area contributed by atoms with Crippen molar-refractivity contribution in [3.05, 3.63) is 27.7 Å². The first-order valence-corrected chi connectivity index (χ1v) is 6.21. The highest BCUT2D eigenvalue weighted by Crippen LogP contribution is 2.25. The number of hydrogen-bond acceptors (Lipinski definition) is 3. The van der Waals surface area contributed by atoms with E-state index in [-0.39, 0.29) is 5.75 Å². The maximum absolute atomic E-state index is 10.7. The van der Waals surface area contributed by atoms with Gasteiger partial charge in [-0.2, -0.15) is 8.42 Å². The molecule has 0 fully saturated rings. The number of rotatable bonds is 2. The van der Waals surface area contributed by atoms with Gasteiger partial charge in [-0.25, -0.2) is 0 Å². The van der Waals surface area contributed by atoms with Crippen molar-refractivity contribution in [2.45, 2.75) is 0 Å². The summed E-state index contributed by atoms with van der Waals surface area (Å²) in [7, 11) is -3.49. The van der Waals surface area contributed by atoms with E-state index in [1.165, 1.54) is 12.1 Å². The Bertz CT molecular complexity index is 395. The lowest BCUT2D eigenvalue weighted by atomic mass is 10.3. The van der Waals surface area contributed by atoms with Crippen LogP contribution in [0.1, 0.15) is 0 Å². The summed E-state index contributed by atoms with van der Waals surface area (Å²) in [5.41, 5.74) is 0. The van der Waals surface area contributed by atoms with Gasteiger partial charge >= 0.3 is 10.1 Å². The third-order valence-corrected chi connectivity index (χ3v) is 2.25. The van der Waals surface area contributed by atoms with E-state index in [1.54, 1.807) is 6.07 Å². The molecule has 0 aromatic heterocycles. The summed E-state index contributed by atoms with van der Waals surface area (Å²) < 4.78 is 26.8. The molecule has 1 aromatic rings. The molecule has 0 saturated heterocycles. The lowest BCUT2D eigenvalue weighted by Gasteiger charge is -2.03. The SMILES string of the molecule is CS(=O)(=O)Oc1cc(Cl)cc(Br)c1. The van der Waals surface area contributed by atoms with E-state index < -0.39 is 10.1 Å². The average Bonchev–Trinajstić information content (AvgIpc) is 1.78. The Labute approximate surface area is 89.9 Å². The van der Waals surface area contributed by atoms with Gasteiger partial charge in [0.15, 0.2) is 0 Å². The Morgan fingerprint density at radius 3 is 2.46 bits per heavy atom. The van der Waals surface area contributed by atoms with Gasteiger partial charge in [0.25, 0.3) is 0 Å². The van der Waals surface area contributed by atoms with E-state index in [9.17, 15) is 8.42 Å². The number of halogens is 2. The van der Waals surface area contributed by atoms with Crippen molar-refractivity contribution in [3.63, 3.8) is 0 Å². The van der Waals surface area contributed by atoms with Crippen molar-refractivity contribution in [3.8, 4) is 5.75 Å². The molecule has 6 heteroatoms. The molecule has 3 nitrogen and oxygen atoms in total. The summed E-state index contributed by atoms with van der Waals surface area (Å²) in [6, 6.07) is 4.58. The molecule has 0 atom stereocenters. The van der Waals surface area contributed by atoms with Crippen LogP contribution in [0.5, 0.6) is 5.75 Å². The molecule has 1 aromatic carbocycles. The van der Waals surface area contributed by atoms with Crippen LogP contribution >= 0.6 is 27.5 Å². The molecule has 0 heterocycles. The predicted molar refractivity (Wildman–Crippen MR) is 54.6 cm³/mol. The Morgan fingerprint density at radius 1 is 1.38 bits per heavy atom. The van der Waals surface area contributed by atoms with Gasteiger partial charge in [-0.15, -0.1) is 0 Å². The van der Waals surface area contributed by atoms with Crippen LogP contribution in [0.4, 0.5) is 0 Å². The quantitative estimate of drug-likeness (QED) is 0.784. The third kappa shape index (κ3) is 3.97. The zero-order chi connectivity index (χ0) is 10.1. The average molecular weight is 286 g/mol. The van der Waals surface area contributed by atoms with Crippen LogP contribution in [0.25, 0.3) is 0 Å². The van der Waals surface area contributed by atoms with E-state index in [2.05, 4.69) is 20.1 Å². The molecule has 1 rings (SSSR count). The Balaban J connectivity index is 3.03. The van der Waals surface area contributed by atoms with Crippen LogP contribution in [0, 0.1) is 0 Å². The lowest BCUT2D eigenvalue weighted by molar-refractivity contribution is 0.493. The fraction of sp³-hybridized carbons (Fsp3) is 0.143. The smallest absolute Gasteiger partial charge is 0.306 e. The van der Waals surface area contributed by atoms with E-state index in [0.717, 1.165) is 6.26 Å². The predicted octanol–water partition coefficient (Wildman–Crippen LogP) is 2.44. The molecule has 0 spiro atoms. The van der Waals surface area contributed by atoms with Crippen LogP contribution in [0.15, 0.2) is 22.7 Å². The second kappa shape index (κ2) is 3.86. The standard InChI is InChI=1S/C7H6BrClO3S/c1-13(10,11)12-7-3-5(8)2-6(9)4-7/h2-4H,1H3. The van der Waals surface area contributed by atoms with E-state index >= 15 is 0 Å². The topological polar surface area (TPSA) is 43.4 Å². The molecule has 0 N–H and O–H groups in total. The van der Waals surface area contributed by atoms with Gasteiger partial charge in [0.2, 0.25) is 0 Å². The van der Waals surface area contributed by atoms with Gasteiger partial charge in [0, 0.05) is 15.6 Å². The van der Waals surface area contributed by atoms with Gasteiger partial charge in [0.05, 0.1) is 6.26 Å². The number of benzene rings is 1. The minimum atomic E-state index is -3.49. The zero-order valence-corrected chi connectivity index (χ0v) is 9.78. The maximum Gasteiger partial charge on any atom is 0.306 e. The van der Waals surface area contributed by atoms with Gasteiger partial charge in [-0.05, 0) is 12.1 Å². The molecule has 0 unspecified atom stereocenters. The first kappa shape index (κ1) is 10.8. The van der Waals surface area contributed by atoms with Crippen LogP contribution in [0.3, 0.4) is 0 Å². The van der Waals surface area contributed by atoms with Crippen molar-refractivity contribution < 1.29 is 12.6 Å². The van der Waals surface area contributed by atoms with Crippen LogP contribution in [0.2, 0.25) is 5.02 Å². The molecule has 0 aliphatic carbocycles. The first-order chi connectivity index (χ1) is 5.87. The first-order valence-electron chi connectivity index (χ1n) is 3.22. The van der Waals surface area contributed by atoms with Crippen LogP contribution in [-0.4, -0.2) is 14.7 Å². The second-order valence-corrected chi connectivity index (χ2v) is 5.32. The minimum absolute atomic E-state index is 0.196. The summed E-state index contributed by atoms with van der Waals surface area (Å²) in [6.45, 7) is 0. The van der Waals surface area contributed by atoms with Crippen molar-refractivity contribution >= 4 is 37.6 Å². The summed E-state index contributed by atoms with van der Waals surface area (Å²) in [5.74, 6) is 0.196. The van der Waals surface area contributed by atoms with Crippen molar-refractivity contribution in [1.29, 1.82) is 0 Å².